The SMILES string of the molecule is Cc1cccc(C(Cl)Cc2ccncc2)c1C. The molecule has 1 atom stereocenters. The van der Waals surface area contributed by atoms with Crippen LogP contribution in [0.4, 0.5) is 0 Å². The highest BCUT2D eigenvalue weighted by Crippen LogP contribution is 2.28. The van der Waals surface area contributed by atoms with Crippen molar-refractivity contribution < 1.29 is 0 Å². The maximum Gasteiger partial charge on any atom is 0.0628 e. The third-order valence-electron chi connectivity index (χ3n) is 3.15. The molecule has 1 nitrogen and oxygen atoms in total. The van der Waals surface area contributed by atoms with Gasteiger partial charge in [0.1, 0.15) is 0 Å². The minimum Gasteiger partial charge on any atom is -0.265 e. The molecule has 0 aliphatic rings. The summed E-state index contributed by atoms with van der Waals surface area (Å²) in [5, 5.41) is 0.0253. The summed E-state index contributed by atoms with van der Waals surface area (Å²) < 4.78 is 0. The highest BCUT2D eigenvalue weighted by atomic mass is 35.5. The summed E-state index contributed by atoms with van der Waals surface area (Å²) in [6.07, 6.45) is 4.46. The van der Waals surface area contributed by atoms with Crippen LogP contribution < -0.4 is 0 Å². The lowest BCUT2D eigenvalue weighted by atomic mass is 9.97. The van der Waals surface area contributed by atoms with Crippen LogP contribution in [0, 0.1) is 13.8 Å². The van der Waals surface area contributed by atoms with Crippen molar-refractivity contribution in [3.05, 3.63) is 65.0 Å². The van der Waals surface area contributed by atoms with Crippen LogP contribution in [-0.2, 0) is 6.42 Å². The van der Waals surface area contributed by atoms with Crippen LogP contribution in [0.1, 0.15) is 27.6 Å². The second-order valence-corrected chi connectivity index (χ2v) is 4.84. The molecule has 0 spiro atoms. The average molecular weight is 246 g/mol. The Morgan fingerprint density at radius 1 is 1.12 bits per heavy atom. The Kier molecular flexibility index (Phi) is 3.80. The number of benzene rings is 1. The summed E-state index contributed by atoms with van der Waals surface area (Å²) >= 11 is 6.50. The van der Waals surface area contributed by atoms with Crippen LogP contribution in [-0.4, -0.2) is 4.98 Å². The van der Waals surface area contributed by atoms with E-state index in [4.69, 9.17) is 11.6 Å². The zero-order chi connectivity index (χ0) is 12.3. The molecular weight excluding hydrogens is 230 g/mol. The molecule has 0 radical (unpaired) electrons. The molecule has 0 amide bonds. The molecule has 1 heterocycles. The summed E-state index contributed by atoms with van der Waals surface area (Å²) in [7, 11) is 0. The molecule has 0 bridgehead atoms. The first-order valence-corrected chi connectivity index (χ1v) is 6.21. The molecule has 17 heavy (non-hydrogen) atoms. The molecule has 1 aromatic heterocycles. The molecule has 0 aliphatic heterocycles. The molecule has 0 fully saturated rings. The molecule has 88 valence electrons. The maximum absolute atomic E-state index is 6.50. The van der Waals surface area contributed by atoms with E-state index in [2.05, 4.69) is 37.0 Å². The van der Waals surface area contributed by atoms with Gasteiger partial charge >= 0.3 is 0 Å². The molecule has 0 saturated heterocycles. The molecule has 0 saturated carbocycles. The van der Waals surface area contributed by atoms with Gasteiger partial charge in [0, 0.05) is 12.4 Å². The second kappa shape index (κ2) is 5.33. The normalized spacial score (nSPS) is 12.4. The number of alkyl halides is 1. The van der Waals surface area contributed by atoms with E-state index in [0.29, 0.717) is 0 Å². The summed E-state index contributed by atoms with van der Waals surface area (Å²) in [5.41, 5.74) is 5.04. The van der Waals surface area contributed by atoms with Crippen LogP contribution in [0.25, 0.3) is 0 Å². The van der Waals surface area contributed by atoms with Gasteiger partial charge in [-0.3, -0.25) is 4.98 Å². The van der Waals surface area contributed by atoms with Gasteiger partial charge in [-0.15, -0.1) is 11.6 Å². The molecular formula is C15H16ClN. The van der Waals surface area contributed by atoms with E-state index in [-0.39, 0.29) is 5.38 Å². The van der Waals surface area contributed by atoms with E-state index < -0.39 is 0 Å². The van der Waals surface area contributed by atoms with Gasteiger partial charge in [-0.25, -0.2) is 0 Å². The molecule has 1 aromatic carbocycles. The first kappa shape index (κ1) is 12.1. The summed E-state index contributed by atoms with van der Waals surface area (Å²) in [4.78, 5) is 4.01. The monoisotopic (exact) mass is 245 g/mol. The van der Waals surface area contributed by atoms with Gasteiger partial charge in [-0.05, 0) is 54.7 Å². The topological polar surface area (TPSA) is 12.9 Å². The fraction of sp³-hybridized carbons (Fsp3) is 0.267. The molecule has 2 aromatic rings. The van der Waals surface area contributed by atoms with E-state index >= 15 is 0 Å². The molecule has 1 unspecified atom stereocenters. The van der Waals surface area contributed by atoms with Crippen molar-refractivity contribution in [2.75, 3.05) is 0 Å². The summed E-state index contributed by atoms with van der Waals surface area (Å²) in [6, 6.07) is 10.3. The van der Waals surface area contributed by atoms with Gasteiger partial charge in [0.2, 0.25) is 0 Å². The van der Waals surface area contributed by atoms with Gasteiger partial charge in [-0.1, -0.05) is 18.2 Å². The Morgan fingerprint density at radius 2 is 1.82 bits per heavy atom. The van der Waals surface area contributed by atoms with Crippen molar-refractivity contribution in [1.29, 1.82) is 0 Å². The molecule has 2 heteroatoms. The average Bonchev–Trinajstić information content (AvgIpc) is 2.34. The van der Waals surface area contributed by atoms with Crippen LogP contribution in [0.3, 0.4) is 0 Å². The Balaban J connectivity index is 2.20. The van der Waals surface area contributed by atoms with Crippen LogP contribution in [0.2, 0.25) is 0 Å². The Labute approximate surface area is 107 Å². The van der Waals surface area contributed by atoms with Crippen molar-refractivity contribution in [2.24, 2.45) is 0 Å². The lowest BCUT2D eigenvalue weighted by Gasteiger charge is -2.14. The lowest BCUT2D eigenvalue weighted by molar-refractivity contribution is 0.904. The number of nitrogens with zero attached hydrogens (tertiary/aromatic N) is 1. The third-order valence-corrected chi connectivity index (χ3v) is 3.54. The minimum atomic E-state index is 0.0253. The zero-order valence-electron chi connectivity index (χ0n) is 10.2. The first-order chi connectivity index (χ1) is 8.18. The van der Waals surface area contributed by atoms with Crippen molar-refractivity contribution in [1.82, 2.24) is 4.98 Å². The largest absolute Gasteiger partial charge is 0.265 e. The van der Waals surface area contributed by atoms with E-state index in [1.165, 1.54) is 22.3 Å². The van der Waals surface area contributed by atoms with Gasteiger partial charge in [0.05, 0.1) is 5.38 Å². The minimum absolute atomic E-state index is 0.0253. The lowest BCUT2D eigenvalue weighted by Crippen LogP contribution is -1.99. The zero-order valence-corrected chi connectivity index (χ0v) is 10.9. The number of rotatable bonds is 3. The van der Waals surface area contributed by atoms with Gasteiger partial charge in [-0.2, -0.15) is 0 Å². The highest BCUT2D eigenvalue weighted by molar-refractivity contribution is 6.21. The Morgan fingerprint density at radius 3 is 2.53 bits per heavy atom. The number of aromatic nitrogens is 1. The standard InChI is InChI=1S/C15H16ClN/c1-11-4-3-5-14(12(11)2)15(16)10-13-6-8-17-9-7-13/h3-9,15H,10H2,1-2H3. The molecule has 2 rings (SSSR count). The van der Waals surface area contributed by atoms with Crippen molar-refractivity contribution in [3.8, 4) is 0 Å². The van der Waals surface area contributed by atoms with E-state index in [1.807, 2.05) is 24.5 Å². The summed E-state index contributed by atoms with van der Waals surface area (Å²) in [6.45, 7) is 4.25. The third kappa shape index (κ3) is 2.86. The van der Waals surface area contributed by atoms with Gasteiger partial charge in [0.25, 0.3) is 0 Å². The van der Waals surface area contributed by atoms with Crippen LogP contribution >= 0.6 is 11.6 Å². The van der Waals surface area contributed by atoms with Crippen LogP contribution in [0.5, 0.6) is 0 Å². The number of hydrogen-bond donors (Lipinski definition) is 0. The maximum atomic E-state index is 6.50. The summed E-state index contributed by atoms with van der Waals surface area (Å²) in [5.74, 6) is 0. The van der Waals surface area contributed by atoms with E-state index in [1.54, 1.807) is 0 Å². The first-order valence-electron chi connectivity index (χ1n) is 5.77. The van der Waals surface area contributed by atoms with Crippen molar-refractivity contribution in [3.63, 3.8) is 0 Å². The van der Waals surface area contributed by atoms with E-state index in [9.17, 15) is 0 Å². The Bertz CT molecular complexity index is 494. The molecule has 0 aliphatic carbocycles. The predicted octanol–water partition coefficient (Wildman–Crippen LogP) is 4.22. The second-order valence-electron chi connectivity index (χ2n) is 4.32. The highest BCUT2D eigenvalue weighted by Gasteiger charge is 2.12. The predicted molar refractivity (Wildman–Crippen MR) is 72.5 cm³/mol. The number of halogens is 1. The fourth-order valence-corrected chi connectivity index (χ4v) is 2.36. The van der Waals surface area contributed by atoms with E-state index in [0.717, 1.165) is 6.42 Å². The number of aryl methyl sites for hydroxylation is 1. The molecule has 0 N–H and O–H groups in total. The van der Waals surface area contributed by atoms with Gasteiger partial charge in [0.15, 0.2) is 0 Å². The van der Waals surface area contributed by atoms with Gasteiger partial charge < -0.3 is 0 Å². The quantitative estimate of drug-likeness (QED) is 0.738. The van der Waals surface area contributed by atoms with Crippen molar-refractivity contribution in [2.45, 2.75) is 25.6 Å². The fourth-order valence-electron chi connectivity index (χ4n) is 1.95. The van der Waals surface area contributed by atoms with Crippen LogP contribution in [0.15, 0.2) is 42.7 Å². The Hall–Kier alpha value is -1.34. The number of hydrogen-bond acceptors (Lipinski definition) is 1. The number of pyridine rings is 1. The van der Waals surface area contributed by atoms with Crippen molar-refractivity contribution >= 4 is 11.6 Å². The smallest absolute Gasteiger partial charge is 0.0628 e.